The number of hydrogen-bond acceptors (Lipinski definition) is 4. The monoisotopic (exact) mass is 409 g/mol. The van der Waals surface area contributed by atoms with Gasteiger partial charge in [0, 0.05) is 15.9 Å². The number of amides is 1. The van der Waals surface area contributed by atoms with Crippen molar-refractivity contribution in [2.24, 2.45) is 5.92 Å². The molecule has 0 aliphatic carbocycles. The maximum atomic E-state index is 13.1. The van der Waals surface area contributed by atoms with Crippen LogP contribution in [0, 0.1) is 5.92 Å². The number of nitrogens with zero attached hydrogens (tertiary/aromatic N) is 3. The van der Waals surface area contributed by atoms with Gasteiger partial charge in [-0.1, -0.05) is 52.8 Å². The number of fused-ring (bicyclic) bond motifs is 1. The Morgan fingerprint density at radius 2 is 2.00 bits per heavy atom. The normalized spacial score (nSPS) is 18.7. The third-order valence-corrected chi connectivity index (χ3v) is 4.81. The van der Waals surface area contributed by atoms with E-state index in [4.69, 9.17) is 0 Å². The Bertz CT molecular complexity index is 969. The summed E-state index contributed by atoms with van der Waals surface area (Å²) in [5.41, 5.74) is 2.27. The van der Waals surface area contributed by atoms with E-state index in [-0.39, 0.29) is 11.9 Å². The van der Waals surface area contributed by atoms with E-state index in [0.717, 1.165) is 15.7 Å². The molecule has 0 saturated carbocycles. The van der Waals surface area contributed by atoms with E-state index in [1.807, 2.05) is 54.6 Å². The quantitative estimate of drug-likeness (QED) is 0.689. The van der Waals surface area contributed by atoms with Gasteiger partial charge in [0.1, 0.15) is 12.2 Å². The number of carbonyl (C=O) groups is 1. The lowest BCUT2D eigenvalue weighted by Crippen LogP contribution is -2.39. The minimum atomic E-state index is -0.543. The second-order valence-corrected chi connectivity index (χ2v) is 6.93. The third-order valence-electron chi connectivity index (χ3n) is 4.31. The number of anilines is 2. The maximum Gasteiger partial charge on any atom is 0.235 e. The van der Waals surface area contributed by atoms with Crippen molar-refractivity contribution in [2.75, 3.05) is 10.6 Å². The first-order valence-corrected chi connectivity index (χ1v) is 8.89. The molecule has 2 unspecified atom stereocenters. The molecular formula is C19H16BrN5O. The van der Waals surface area contributed by atoms with E-state index in [9.17, 15) is 4.79 Å². The van der Waals surface area contributed by atoms with Gasteiger partial charge >= 0.3 is 0 Å². The molecule has 26 heavy (non-hydrogen) atoms. The molecule has 2 aromatic carbocycles. The molecular weight excluding hydrogens is 394 g/mol. The number of para-hydroxylation sites is 1. The highest BCUT2D eigenvalue weighted by molar-refractivity contribution is 9.10. The average Bonchev–Trinajstić information content (AvgIpc) is 3.09. The second-order valence-electron chi connectivity index (χ2n) is 6.01. The van der Waals surface area contributed by atoms with Gasteiger partial charge in [-0.25, -0.2) is 4.68 Å². The smallest absolute Gasteiger partial charge is 0.235 e. The number of halogens is 1. The fourth-order valence-corrected chi connectivity index (χ4v) is 3.58. The Morgan fingerprint density at radius 3 is 2.77 bits per heavy atom. The standard InChI is InChI=1S/C19H16BrN5O/c1-12-16(18(26)24-15-8-3-2-4-9-15)17(13-6-5-7-14(20)10-13)25-19(23-12)21-11-22-25/h2-11,16-17H,1H2,(H,24,26)(H,21,22,23). The van der Waals surface area contributed by atoms with Crippen molar-refractivity contribution in [1.82, 2.24) is 14.8 Å². The Morgan fingerprint density at radius 1 is 1.19 bits per heavy atom. The van der Waals surface area contributed by atoms with Crippen molar-refractivity contribution >= 4 is 33.5 Å². The summed E-state index contributed by atoms with van der Waals surface area (Å²) in [6.07, 6.45) is 1.47. The summed E-state index contributed by atoms with van der Waals surface area (Å²) in [6.45, 7) is 4.07. The summed E-state index contributed by atoms with van der Waals surface area (Å²) < 4.78 is 2.66. The molecule has 0 saturated heterocycles. The fourth-order valence-electron chi connectivity index (χ4n) is 3.16. The number of benzene rings is 2. The van der Waals surface area contributed by atoms with Crippen LogP contribution in [0.15, 0.2) is 77.7 Å². The van der Waals surface area contributed by atoms with Gasteiger partial charge in [-0.2, -0.15) is 10.1 Å². The minimum Gasteiger partial charge on any atom is -0.328 e. The zero-order valence-electron chi connectivity index (χ0n) is 13.8. The summed E-state index contributed by atoms with van der Waals surface area (Å²) in [5, 5.41) is 10.4. The van der Waals surface area contributed by atoms with Crippen molar-refractivity contribution < 1.29 is 4.79 Å². The van der Waals surface area contributed by atoms with Crippen LogP contribution in [0.1, 0.15) is 11.6 Å². The van der Waals surface area contributed by atoms with Gasteiger partial charge in [-0.3, -0.25) is 4.79 Å². The Kier molecular flexibility index (Phi) is 4.30. The molecule has 7 heteroatoms. The molecule has 1 aliphatic rings. The van der Waals surface area contributed by atoms with E-state index in [1.54, 1.807) is 4.68 Å². The molecule has 130 valence electrons. The number of nitrogens with one attached hydrogen (secondary N) is 2. The molecule has 1 aromatic heterocycles. The van der Waals surface area contributed by atoms with Gasteiger partial charge in [0.05, 0.1) is 6.04 Å². The molecule has 0 radical (unpaired) electrons. The van der Waals surface area contributed by atoms with Crippen LogP contribution in [0.2, 0.25) is 0 Å². The first kappa shape index (κ1) is 16.5. The van der Waals surface area contributed by atoms with Gasteiger partial charge in [0.15, 0.2) is 0 Å². The number of carbonyl (C=O) groups excluding carboxylic acids is 1. The van der Waals surface area contributed by atoms with Crippen LogP contribution in [0.25, 0.3) is 0 Å². The summed E-state index contributed by atoms with van der Waals surface area (Å²) in [7, 11) is 0. The molecule has 1 aliphatic heterocycles. The Hall–Kier alpha value is -2.93. The molecule has 4 rings (SSSR count). The summed E-state index contributed by atoms with van der Waals surface area (Å²) >= 11 is 3.50. The molecule has 0 fully saturated rings. The largest absolute Gasteiger partial charge is 0.328 e. The zero-order valence-corrected chi connectivity index (χ0v) is 15.3. The summed E-state index contributed by atoms with van der Waals surface area (Å²) in [5.74, 6) is -0.123. The lowest BCUT2D eigenvalue weighted by Gasteiger charge is -2.33. The van der Waals surface area contributed by atoms with Crippen molar-refractivity contribution in [3.05, 3.63) is 83.2 Å². The van der Waals surface area contributed by atoms with E-state index in [0.29, 0.717) is 11.6 Å². The predicted octanol–water partition coefficient (Wildman–Crippen LogP) is 3.82. The molecule has 3 aromatic rings. The van der Waals surface area contributed by atoms with Crippen LogP contribution in [-0.2, 0) is 4.79 Å². The first-order valence-electron chi connectivity index (χ1n) is 8.10. The molecule has 2 N–H and O–H groups in total. The number of rotatable bonds is 3. The highest BCUT2D eigenvalue weighted by atomic mass is 79.9. The summed E-state index contributed by atoms with van der Waals surface area (Å²) in [6, 6.07) is 16.9. The van der Waals surface area contributed by atoms with Gasteiger partial charge in [0.25, 0.3) is 0 Å². The van der Waals surface area contributed by atoms with Crippen LogP contribution in [-0.4, -0.2) is 20.7 Å². The minimum absolute atomic E-state index is 0.153. The van der Waals surface area contributed by atoms with Crippen molar-refractivity contribution in [2.45, 2.75) is 6.04 Å². The highest BCUT2D eigenvalue weighted by Gasteiger charge is 2.39. The van der Waals surface area contributed by atoms with Gasteiger partial charge in [-0.05, 0) is 29.8 Å². The van der Waals surface area contributed by atoms with E-state index in [2.05, 4.69) is 43.2 Å². The molecule has 6 nitrogen and oxygen atoms in total. The van der Waals surface area contributed by atoms with E-state index >= 15 is 0 Å². The number of hydrogen-bond donors (Lipinski definition) is 2. The van der Waals surface area contributed by atoms with Crippen LogP contribution in [0.4, 0.5) is 11.6 Å². The van der Waals surface area contributed by atoms with Crippen LogP contribution >= 0.6 is 15.9 Å². The van der Waals surface area contributed by atoms with Crippen LogP contribution in [0.5, 0.6) is 0 Å². The molecule has 0 bridgehead atoms. The Balaban J connectivity index is 1.75. The fraction of sp³-hybridized carbons (Fsp3) is 0.105. The Labute approximate surface area is 159 Å². The first-order chi connectivity index (χ1) is 12.6. The number of aromatic nitrogens is 3. The molecule has 2 heterocycles. The van der Waals surface area contributed by atoms with Gasteiger partial charge < -0.3 is 10.6 Å². The molecule has 2 atom stereocenters. The highest BCUT2D eigenvalue weighted by Crippen LogP contribution is 2.38. The zero-order chi connectivity index (χ0) is 18.1. The van der Waals surface area contributed by atoms with Gasteiger partial charge in [0.2, 0.25) is 11.9 Å². The van der Waals surface area contributed by atoms with E-state index in [1.165, 1.54) is 6.33 Å². The third kappa shape index (κ3) is 3.01. The molecule has 1 amide bonds. The maximum absolute atomic E-state index is 13.1. The van der Waals surface area contributed by atoms with Crippen molar-refractivity contribution in [3.63, 3.8) is 0 Å². The van der Waals surface area contributed by atoms with Gasteiger partial charge in [-0.15, -0.1) is 0 Å². The van der Waals surface area contributed by atoms with E-state index < -0.39 is 5.92 Å². The van der Waals surface area contributed by atoms with Crippen molar-refractivity contribution in [1.29, 1.82) is 0 Å². The van der Waals surface area contributed by atoms with Crippen LogP contribution < -0.4 is 10.6 Å². The topological polar surface area (TPSA) is 71.8 Å². The van der Waals surface area contributed by atoms with Crippen LogP contribution in [0.3, 0.4) is 0 Å². The average molecular weight is 410 g/mol. The lowest BCUT2D eigenvalue weighted by molar-refractivity contribution is -0.119. The summed E-state index contributed by atoms with van der Waals surface area (Å²) in [4.78, 5) is 17.3. The van der Waals surface area contributed by atoms with Crippen molar-refractivity contribution in [3.8, 4) is 0 Å². The predicted molar refractivity (Wildman–Crippen MR) is 104 cm³/mol. The molecule has 0 spiro atoms. The lowest BCUT2D eigenvalue weighted by atomic mass is 9.88. The second kappa shape index (κ2) is 6.76. The SMILES string of the molecule is C=C1Nc2ncnn2C(c2cccc(Br)c2)C1C(=O)Nc1ccccc1.